The number of nitrogens with zero attached hydrogens (tertiary/aromatic N) is 1. The summed E-state index contributed by atoms with van der Waals surface area (Å²) in [6, 6.07) is 7.78. The third-order valence-electron chi connectivity index (χ3n) is 5.07. The Labute approximate surface area is 143 Å². The van der Waals surface area contributed by atoms with Crippen LogP contribution in [0.3, 0.4) is 0 Å². The Hall–Kier alpha value is -2.10. The van der Waals surface area contributed by atoms with Crippen LogP contribution in [-0.2, 0) is 9.59 Å². The first kappa shape index (κ1) is 16.7. The zero-order valence-corrected chi connectivity index (χ0v) is 14.3. The van der Waals surface area contributed by atoms with Crippen molar-refractivity contribution in [1.82, 2.24) is 4.90 Å². The molecule has 1 aliphatic heterocycles. The third kappa shape index (κ3) is 3.86. The molecular weight excluding hydrogens is 300 g/mol. The van der Waals surface area contributed by atoms with E-state index in [-0.39, 0.29) is 23.7 Å². The minimum absolute atomic E-state index is 0.0430. The number of amides is 2. The SMILES string of the molecule is Cc1ccc(NC(=O)[C@H]2CC=CC[C@H]2C(=O)N2CCCCC2)cc1. The quantitative estimate of drug-likeness (QED) is 0.864. The smallest absolute Gasteiger partial charge is 0.228 e. The molecule has 0 unspecified atom stereocenters. The van der Waals surface area contributed by atoms with Gasteiger partial charge in [-0.1, -0.05) is 29.8 Å². The zero-order chi connectivity index (χ0) is 16.9. The van der Waals surface area contributed by atoms with Crippen molar-refractivity contribution >= 4 is 17.5 Å². The van der Waals surface area contributed by atoms with Gasteiger partial charge in [-0.3, -0.25) is 9.59 Å². The molecule has 1 heterocycles. The van der Waals surface area contributed by atoms with E-state index in [1.165, 1.54) is 6.42 Å². The highest BCUT2D eigenvalue weighted by molar-refractivity contribution is 5.96. The second kappa shape index (κ2) is 7.65. The van der Waals surface area contributed by atoms with Gasteiger partial charge in [-0.25, -0.2) is 0 Å². The average Bonchev–Trinajstić information content (AvgIpc) is 2.63. The molecule has 4 heteroatoms. The van der Waals surface area contributed by atoms with Crippen LogP contribution < -0.4 is 5.32 Å². The van der Waals surface area contributed by atoms with E-state index in [1.54, 1.807) is 0 Å². The van der Waals surface area contributed by atoms with Crippen LogP contribution in [0.1, 0.15) is 37.7 Å². The lowest BCUT2D eigenvalue weighted by atomic mass is 9.81. The summed E-state index contributed by atoms with van der Waals surface area (Å²) in [5.41, 5.74) is 1.95. The predicted molar refractivity (Wildman–Crippen MR) is 95.6 cm³/mol. The van der Waals surface area contributed by atoms with E-state index < -0.39 is 0 Å². The molecule has 0 saturated carbocycles. The normalized spacial score (nSPS) is 23.8. The first-order valence-corrected chi connectivity index (χ1v) is 8.96. The third-order valence-corrected chi connectivity index (χ3v) is 5.07. The Morgan fingerprint density at radius 3 is 2.25 bits per heavy atom. The molecule has 2 aliphatic rings. The van der Waals surface area contributed by atoms with Crippen molar-refractivity contribution in [2.24, 2.45) is 11.8 Å². The van der Waals surface area contributed by atoms with Crippen LogP contribution in [0.5, 0.6) is 0 Å². The van der Waals surface area contributed by atoms with E-state index in [4.69, 9.17) is 0 Å². The van der Waals surface area contributed by atoms with Crippen molar-refractivity contribution in [3.63, 3.8) is 0 Å². The van der Waals surface area contributed by atoms with Crippen LogP contribution in [0.25, 0.3) is 0 Å². The standard InChI is InChI=1S/C20H26N2O2/c1-15-9-11-16(12-10-15)21-19(23)17-7-3-4-8-18(17)20(24)22-13-5-2-6-14-22/h3-4,9-12,17-18H,2,5-8,13-14H2,1H3,(H,21,23)/t17-,18+/m0/s1. The van der Waals surface area contributed by atoms with Crippen molar-refractivity contribution in [1.29, 1.82) is 0 Å². The van der Waals surface area contributed by atoms with Gasteiger partial charge in [0.15, 0.2) is 0 Å². The summed E-state index contributed by atoms with van der Waals surface area (Å²) in [6.07, 6.45) is 8.74. The highest BCUT2D eigenvalue weighted by Crippen LogP contribution is 2.29. The van der Waals surface area contributed by atoms with Gasteiger partial charge in [0, 0.05) is 18.8 Å². The Balaban J connectivity index is 1.69. The fourth-order valence-electron chi connectivity index (χ4n) is 3.60. The van der Waals surface area contributed by atoms with E-state index >= 15 is 0 Å². The molecule has 24 heavy (non-hydrogen) atoms. The molecule has 0 radical (unpaired) electrons. The number of benzene rings is 1. The minimum atomic E-state index is -0.272. The lowest BCUT2D eigenvalue weighted by Gasteiger charge is -2.34. The second-order valence-corrected chi connectivity index (χ2v) is 6.90. The first-order valence-electron chi connectivity index (χ1n) is 8.96. The summed E-state index contributed by atoms with van der Waals surface area (Å²) in [7, 11) is 0. The van der Waals surface area contributed by atoms with Crippen molar-refractivity contribution in [3.8, 4) is 0 Å². The Kier molecular flexibility index (Phi) is 5.34. The summed E-state index contributed by atoms with van der Waals surface area (Å²) in [5.74, 6) is -0.383. The van der Waals surface area contributed by atoms with Crippen LogP contribution in [0.15, 0.2) is 36.4 Å². The van der Waals surface area contributed by atoms with Gasteiger partial charge in [-0.05, 0) is 51.2 Å². The van der Waals surface area contributed by atoms with Crippen LogP contribution in [0.4, 0.5) is 5.69 Å². The molecule has 0 spiro atoms. The summed E-state index contributed by atoms with van der Waals surface area (Å²) in [5, 5.41) is 2.98. The number of aryl methyl sites for hydroxylation is 1. The number of anilines is 1. The maximum Gasteiger partial charge on any atom is 0.228 e. The van der Waals surface area contributed by atoms with Crippen LogP contribution >= 0.6 is 0 Å². The zero-order valence-electron chi connectivity index (χ0n) is 14.3. The molecule has 2 amide bonds. The molecule has 0 aromatic heterocycles. The number of hydrogen-bond acceptors (Lipinski definition) is 2. The van der Waals surface area contributed by atoms with E-state index in [0.29, 0.717) is 12.8 Å². The van der Waals surface area contributed by atoms with Gasteiger partial charge in [0.1, 0.15) is 0 Å². The number of carbonyl (C=O) groups excluding carboxylic acids is 2. The van der Waals surface area contributed by atoms with Gasteiger partial charge >= 0.3 is 0 Å². The van der Waals surface area contributed by atoms with Crippen LogP contribution in [0.2, 0.25) is 0 Å². The van der Waals surface area contributed by atoms with Crippen molar-refractivity contribution < 1.29 is 9.59 Å². The number of hydrogen-bond donors (Lipinski definition) is 1. The Morgan fingerprint density at radius 2 is 1.58 bits per heavy atom. The van der Waals surface area contributed by atoms with Crippen molar-refractivity contribution in [2.45, 2.75) is 39.0 Å². The summed E-state index contributed by atoms with van der Waals surface area (Å²) in [6.45, 7) is 3.70. The fourth-order valence-corrected chi connectivity index (χ4v) is 3.60. The second-order valence-electron chi connectivity index (χ2n) is 6.90. The molecule has 128 valence electrons. The monoisotopic (exact) mass is 326 g/mol. The van der Waals surface area contributed by atoms with E-state index in [9.17, 15) is 9.59 Å². The summed E-state index contributed by atoms with van der Waals surface area (Å²) < 4.78 is 0. The predicted octanol–water partition coefficient (Wildman–Crippen LogP) is 3.53. The van der Waals surface area contributed by atoms with Crippen molar-refractivity contribution in [2.75, 3.05) is 18.4 Å². The number of nitrogens with one attached hydrogen (secondary N) is 1. The van der Waals surface area contributed by atoms with Gasteiger partial charge < -0.3 is 10.2 Å². The number of carbonyl (C=O) groups is 2. The maximum absolute atomic E-state index is 12.9. The highest BCUT2D eigenvalue weighted by Gasteiger charge is 2.36. The first-order chi connectivity index (χ1) is 11.6. The van der Waals surface area contributed by atoms with Gasteiger partial charge in [0.2, 0.25) is 11.8 Å². The molecule has 3 rings (SSSR count). The topological polar surface area (TPSA) is 49.4 Å². The fraction of sp³-hybridized carbons (Fsp3) is 0.500. The number of likely N-dealkylation sites (tertiary alicyclic amines) is 1. The molecule has 1 aliphatic carbocycles. The molecule has 1 fully saturated rings. The van der Waals surface area contributed by atoms with Gasteiger partial charge in [0.25, 0.3) is 0 Å². The summed E-state index contributed by atoms with van der Waals surface area (Å²) >= 11 is 0. The van der Waals surface area contributed by atoms with Gasteiger partial charge in [0.05, 0.1) is 11.8 Å². The van der Waals surface area contributed by atoms with Crippen LogP contribution in [-0.4, -0.2) is 29.8 Å². The molecule has 4 nitrogen and oxygen atoms in total. The van der Waals surface area contributed by atoms with E-state index in [1.807, 2.05) is 48.2 Å². The highest BCUT2D eigenvalue weighted by atomic mass is 16.2. The lowest BCUT2D eigenvalue weighted by Crippen LogP contribution is -2.45. The number of rotatable bonds is 3. The lowest BCUT2D eigenvalue weighted by molar-refractivity contribution is -0.141. The van der Waals surface area contributed by atoms with Crippen LogP contribution in [0, 0.1) is 18.8 Å². The molecule has 2 atom stereocenters. The van der Waals surface area contributed by atoms with E-state index in [2.05, 4.69) is 5.32 Å². The molecule has 1 saturated heterocycles. The average molecular weight is 326 g/mol. The van der Waals surface area contributed by atoms with Crippen molar-refractivity contribution in [3.05, 3.63) is 42.0 Å². The molecule has 1 aromatic rings. The van der Waals surface area contributed by atoms with Gasteiger partial charge in [-0.15, -0.1) is 0 Å². The Morgan fingerprint density at radius 1 is 0.958 bits per heavy atom. The largest absolute Gasteiger partial charge is 0.342 e. The van der Waals surface area contributed by atoms with E-state index in [0.717, 1.165) is 37.2 Å². The molecule has 1 N–H and O–H groups in total. The minimum Gasteiger partial charge on any atom is -0.342 e. The number of allylic oxidation sites excluding steroid dienone is 2. The molecule has 1 aromatic carbocycles. The summed E-state index contributed by atoms with van der Waals surface area (Å²) in [4.78, 5) is 27.6. The number of piperidine rings is 1. The maximum atomic E-state index is 12.9. The molecule has 0 bridgehead atoms. The molecular formula is C20H26N2O2. The van der Waals surface area contributed by atoms with Gasteiger partial charge in [-0.2, -0.15) is 0 Å². The Bertz CT molecular complexity index is 615.